The number of allylic oxidation sites excluding steroid dienone is 2. The summed E-state index contributed by atoms with van der Waals surface area (Å²) in [6.45, 7) is 12.5. The molecule has 0 N–H and O–H groups in total. The summed E-state index contributed by atoms with van der Waals surface area (Å²) >= 11 is 0. The van der Waals surface area contributed by atoms with Crippen LogP contribution in [0.25, 0.3) is 0 Å². The topological polar surface area (TPSA) is 0 Å². The lowest BCUT2D eigenvalue weighted by atomic mass is 9.68. The zero-order valence-electron chi connectivity index (χ0n) is 7.69. The van der Waals surface area contributed by atoms with Gasteiger partial charge in [-0.3, -0.25) is 0 Å². The zero-order valence-corrected chi connectivity index (χ0v) is 7.69. The lowest BCUT2D eigenvalue weighted by Crippen LogP contribution is -2.24. The van der Waals surface area contributed by atoms with Crippen molar-refractivity contribution in [2.24, 2.45) is 11.3 Å². The van der Waals surface area contributed by atoms with Crippen LogP contribution in [0.2, 0.25) is 0 Å². The van der Waals surface area contributed by atoms with Gasteiger partial charge in [0.2, 0.25) is 0 Å². The molecular formula is C11H18. The molecule has 0 aromatic carbocycles. The van der Waals surface area contributed by atoms with E-state index in [-0.39, 0.29) is 5.41 Å². The van der Waals surface area contributed by atoms with Crippen molar-refractivity contribution in [1.82, 2.24) is 0 Å². The third kappa shape index (κ3) is 1.40. The van der Waals surface area contributed by atoms with Gasteiger partial charge in [0.05, 0.1) is 0 Å². The normalized spacial score (nSPS) is 38.7. The van der Waals surface area contributed by atoms with Gasteiger partial charge in [-0.2, -0.15) is 0 Å². The summed E-state index contributed by atoms with van der Waals surface area (Å²) in [7, 11) is 0. The minimum Gasteiger partial charge on any atom is -0.102 e. The van der Waals surface area contributed by atoms with E-state index in [2.05, 4.69) is 33.1 Å². The smallest absolute Gasteiger partial charge is 0.00598 e. The van der Waals surface area contributed by atoms with Crippen molar-refractivity contribution in [2.75, 3.05) is 0 Å². The number of rotatable bonds is 1. The molecule has 0 heterocycles. The van der Waals surface area contributed by atoms with E-state index in [0.717, 1.165) is 0 Å². The monoisotopic (exact) mass is 150 g/mol. The molecule has 11 heavy (non-hydrogen) atoms. The summed E-state index contributed by atoms with van der Waals surface area (Å²) in [6.07, 6.45) is 5.93. The van der Waals surface area contributed by atoms with Crippen molar-refractivity contribution < 1.29 is 0 Å². The quantitative estimate of drug-likeness (QED) is 0.501. The first kappa shape index (κ1) is 8.58. The molecule has 0 nitrogen and oxygen atoms in total. The maximum atomic E-state index is 4.15. The van der Waals surface area contributed by atoms with Crippen LogP contribution in [0.1, 0.15) is 33.1 Å². The Bertz CT molecular complexity index is 178. The maximum absolute atomic E-state index is 4.15. The highest BCUT2D eigenvalue weighted by molar-refractivity contribution is 5.20. The van der Waals surface area contributed by atoms with Gasteiger partial charge in [-0.1, -0.05) is 38.5 Å². The van der Waals surface area contributed by atoms with Gasteiger partial charge in [0.1, 0.15) is 0 Å². The Kier molecular flexibility index (Phi) is 2.22. The summed E-state index contributed by atoms with van der Waals surface area (Å²) in [4.78, 5) is 0. The Morgan fingerprint density at radius 2 is 2.27 bits per heavy atom. The summed E-state index contributed by atoms with van der Waals surface area (Å²) in [5, 5.41) is 0. The van der Waals surface area contributed by atoms with Crippen molar-refractivity contribution in [2.45, 2.75) is 33.1 Å². The second-order valence-corrected chi connectivity index (χ2v) is 3.94. The molecule has 1 fully saturated rings. The molecule has 0 radical (unpaired) electrons. The Morgan fingerprint density at radius 3 is 2.73 bits per heavy atom. The molecule has 0 bridgehead atoms. The van der Waals surface area contributed by atoms with Crippen molar-refractivity contribution in [3.8, 4) is 0 Å². The molecule has 2 atom stereocenters. The van der Waals surface area contributed by atoms with E-state index < -0.39 is 0 Å². The molecule has 1 rings (SSSR count). The van der Waals surface area contributed by atoms with Crippen molar-refractivity contribution in [1.29, 1.82) is 0 Å². The minimum absolute atomic E-state index is 0.220. The number of hydrogen-bond donors (Lipinski definition) is 0. The Morgan fingerprint density at radius 1 is 1.64 bits per heavy atom. The molecule has 0 heteroatoms. The van der Waals surface area contributed by atoms with E-state index in [1.54, 1.807) is 0 Å². The highest BCUT2D eigenvalue weighted by atomic mass is 14.3. The molecule has 0 aromatic rings. The second-order valence-electron chi connectivity index (χ2n) is 3.94. The SMILES string of the molecule is C=C[C@@]1(C)CCC[C@@H](C)C1=C. The van der Waals surface area contributed by atoms with E-state index in [4.69, 9.17) is 0 Å². The largest absolute Gasteiger partial charge is 0.102 e. The van der Waals surface area contributed by atoms with Crippen LogP contribution in [-0.2, 0) is 0 Å². The standard InChI is InChI=1S/C11H18/c1-5-11(4)8-6-7-9(2)10(11)3/h5,9H,1,3,6-8H2,2,4H3/t9-,11+/m1/s1. The fourth-order valence-electron chi connectivity index (χ4n) is 1.91. The summed E-state index contributed by atoms with van der Waals surface area (Å²) in [6, 6.07) is 0. The molecule has 1 saturated carbocycles. The average molecular weight is 150 g/mol. The first-order chi connectivity index (χ1) is 5.10. The van der Waals surface area contributed by atoms with E-state index in [1.165, 1.54) is 24.8 Å². The molecule has 1 aliphatic rings. The van der Waals surface area contributed by atoms with E-state index >= 15 is 0 Å². The third-order valence-electron chi connectivity index (χ3n) is 3.11. The van der Waals surface area contributed by atoms with Gasteiger partial charge < -0.3 is 0 Å². The molecule has 62 valence electrons. The number of hydrogen-bond acceptors (Lipinski definition) is 0. The molecule has 0 aromatic heterocycles. The highest BCUT2D eigenvalue weighted by Crippen LogP contribution is 2.43. The van der Waals surface area contributed by atoms with Gasteiger partial charge in [0.25, 0.3) is 0 Å². The molecule has 0 amide bonds. The first-order valence-electron chi connectivity index (χ1n) is 4.43. The van der Waals surface area contributed by atoms with Crippen LogP contribution >= 0.6 is 0 Å². The van der Waals surface area contributed by atoms with E-state index in [1.807, 2.05) is 0 Å². The van der Waals surface area contributed by atoms with E-state index in [0.29, 0.717) is 5.92 Å². The summed E-state index contributed by atoms with van der Waals surface area (Å²) < 4.78 is 0. The molecule has 0 saturated heterocycles. The Balaban J connectivity index is 2.80. The summed E-state index contributed by atoms with van der Waals surface area (Å²) in [5.74, 6) is 0.687. The van der Waals surface area contributed by atoms with Crippen LogP contribution < -0.4 is 0 Å². The third-order valence-corrected chi connectivity index (χ3v) is 3.11. The highest BCUT2D eigenvalue weighted by Gasteiger charge is 2.30. The van der Waals surface area contributed by atoms with Gasteiger partial charge in [0, 0.05) is 5.41 Å². The van der Waals surface area contributed by atoms with Gasteiger partial charge in [-0.15, -0.1) is 6.58 Å². The van der Waals surface area contributed by atoms with Gasteiger partial charge in [-0.25, -0.2) is 0 Å². The zero-order chi connectivity index (χ0) is 8.48. The maximum Gasteiger partial charge on any atom is 0.00598 e. The molecule has 0 aliphatic heterocycles. The lowest BCUT2D eigenvalue weighted by molar-refractivity contribution is 0.328. The van der Waals surface area contributed by atoms with E-state index in [9.17, 15) is 0 Å². The van der Waals surface area contributed by atoms with Crippen LogP contribution in [0.4, 0.5) is 0 Å². The van der Waals surface area contributed by atoms with Crippen LogP contribution in [0, 0.1) is 11.3 Å². The fourth-order valence-corrected chi connectivity index (χ4v) is 1.91. The molecule has 1 aliphatic carbocycles. The Labute approximate surface area is 70.0 Å². The lowest BCUT2D eigenvalue weighted by Gasteiger charge is -2.37. The predicted octanol–water partition coefficient (Wildman–Crippen LogP) is 3.55. The first-order valence-corrected chi connectivity index (χ1v) is 4.43. The van der Waals surface area contributed by atoms with Crippen LogP contribution in [-0.4, -0.2) is 0 Å². The average Bonchev–Trinajstić information content (AvgIpc) is 2.00. The molecule has 0 spiro atoms. The predicted molar refractivity (Wildman–Crippen MR) is 50.5 cm³/mol. The van der Waals surface area contributed by atoms with Crippen molar-refractivity contribution in [3.63, 3.8) is 0 Å². The van der Waals surface area contributed by atoms with Crippen molar-refractivity contribution in [3.05, 3.63) is 24.8 Å². The molecular weight excluding hydrogens is 132 g/mol. The van der Waals surface area contributed by atoms with Crippen LogP contribution in [0.5, 0.6) is 0 Å². The second kappa shape index (κ2) is 2.84. The van der Waals surface area contributed by atoms with Gasteiger partial charge >= 0.3 is 0 Å². The van der Waals surface area contributed by atoms with Crippen molar-refractivity contribution >= 4 is 0 Å². The van der Waals surface area contributed by atoms with Crippen LogP contribution in [0.3, 0.4) is 0 Å². The summed E-state index contributed by atoms with van der Waals surface area (Å²) in [5.41, 5.74) is 1.59. The fraction of sp³-hybridized carbons (Fsp3) is 0.636. The van der Waals surface area contributed by atoms with Gasteiger partial charge in [-0.05, 0) is 18.8 Å². The minimum atomic E-state index is 0.220. The van der Waals surface area contributed by atoms with Crippen LogP contribution in [0.15, 0.2) is 24.8 Å². The molecule has 0 unspecified atom stereocenters. The Hall–Kier alpha value is -0.520. The van der Waals surface area contributed by atoms with Gasteiger partial charge in [0.15, 0.2) is 0 Å².